The van der Waals surface area contributed by atoms with Gasteiger partial charge in [0.1, 0.15) is 22.9 Å². The summed E-state index contributed by atoms with van der Waals surface area (Å²) in [5.41, 5.74) is 5.06. The van der Waals surface area contributed by atoms with Crippen molar-refractivity contribution >= 4 is 5.91 Å². The average Bonchev–Trinajstić information content (AvgIpc) is 3.25. The van der Waals surface area contributed by atoms with Crippen LogP contribution in [0.1, 0.15) is 52.1 Å². The van der Waals surface area contributed by atoms with Crippen LogP contribution >= 0.6 is 0 Å². The predicted octanol–water partition coefficient (Wildman–Crippen LogP) is 3.73. The highest BCUT2D eigenvalue weighted by atomic mass is 16.5. The SMILES string of the molecule is CCOc1cccc(C2c3c(-c4c(C)cc(C)cc4O)n[nH]c3C(=O)N2CCCO)c1. The van der Waals surface area contributed by atoms with Crippen molar-refractivity contribution in [3.63, 3.8) is 0 Å². The van der Waals surface area contributed by atoms with E-state index in [1.54, 1.807) is 11.0 Å². The van der Waals surface area contributed by atoms with E-state index >= 15 is 0 Å². The minimum Gasteiger partial charge on any atom is -0.507 e. The Bertz CT molecular complexity index is 1100. The standard InChI is InChI=1S/C24H27N3O4/c1-4-31-17-8-5-7-16(13-17)23-20-21(19-15(3)11-14(2)12-18(19)29)25-26-22(20)24(30)27(23)9-6-10-28/h5,7-8,11-13,23,28-29H,4,6,9-10H2,1-3H3,(H,25,26). The second-order valence-electron chi connectivity index (χ2n) is 7.82. The number of phenolic OH excluding ortho intramolecular Hbond substituents is 1. The van der Waals surface area contributed by atoms with Crippen LogP contribution in [0.15, 0.2) is 36.4 Å². The number of aliphatic hydroxyl groups excluding tert-OH is 1. The van der Waals surface area contributed by atoms with Crippen molar-refractivity contribution in [3.05, 3.63) is 64.3 Å². The number of aromatic hydroxyl groups is 1. The van der Waals surface area contributed by atoms with Crippen LogP contribution in [0.5, 0.6) is 11.5 Å². The molecule has 1 atom stereocenters. The molecule has 0 fully saturated rings. The van der Waals surface area contributed by atoms with Crippen LogP contribution in [0.4, 0.5) is 0 Å². The van der Waals surface area contributed by atoms with Crippen LogP contribution in [0, 0.1) is 13.8 Å². The number of phenols is 1. The lowest BCUT2D eigenvalue weighted by Crippen LogP contribution is -2.31. The molecule has 4 rings (SSSR count). The third-order valence-corrected chi connectivity index (χ3v) is 5.60. The van der Waals surface area contributed by atoms with Gasteiger partial charge in [0.05, 0.1) is 12.6 Å². The zero-order valence-electron chi connectivity index (χ0n) is 18.0. The number of H-pyrrole nitrogens is 1. The fraction of sp³-hybridized carbons (Fsp3) is 0.333. The second-order valence-corrected chi connectivity index (χ2v) is 7.82. The summed E-state index contributed by atoms with van der Waals surface area (Å²) in [5.74, 6) is 0.690. The molecule has 2 heterocycles. The molecule has 0 spiro atoms. The van der Waals surface area contributed by atoms with E-state index in [1.165, 1.54) is 0 Å². The monoisotopic (exact) mass is 421 g/mol. The molecule has 0 bridgehead atoms. The zero-order valence-corrected chi connectivity index (χ0v) is 18.0. The molecule has 162 valence electrons. The molecule has 1 aliphatic heterocycles. The number of carbonyl (C=O) groups excluding carboxylic acids is 1. The van der Waals surface area contributed by atoms with Crippen molar-refractivity contribution in [2.75, 3.05) is 19.8 Å². The van der Waals surface area contributed by atoms with Crippen molar-refractivity contribution in [1.29, 1.82) is 0 Å². The fourth-order valence-corrected chi connectivity index (χ4v) is 4.40. The Kier molecular flexibility index (Phi) is 5.69. The molecule has 0 saturated carbocycles. The van der Waals surface area contributed by atoms with Gasteiger partial charge in [-0.1, -0.05) is 18.2 Å². The van der Waals surface area contributed by atoms with Crippen LogP contribution in [-0.4, -0.2) is 51.0 Å². The summed E-state index contributed by atoms with van der Waals surface area (Å²) in [7, 11) is 0. The molecular formula is C24H27N3O4. The third-order valence-electron chi connectivity index (χ3n) is 5.60. The lowest BCUT2D eigenvalue weighted by Gasteiger charge is -2.26. The van der Waals surface area contributed by atoms with E-state index in [2.05, 4.69) is 10.2 Å². The van der Waals surface area contributed by atoms with Crippen molar-refractivity contribution in [3.8, 4) is 22.8 Å². The summed E-state index contributed by atoms with van der Waals surface area (Å²) < 4.78 is 5.68. The van der Waals surface area contributed by atoms with Gasteiger partial charge in [0.25, 0.3) is 5.91 Å². The first-order valence-corrected chi connectivity index (χ1v) is 10.5. The van der Waals surface area contributed by atoms with Gasteiger partial charge >= 0.3 is 0 Å². The zero-order chi connectivity index (χ0) is 22.1. The molecule has 1 unspecified atom stereocenters. The van der Waals surface area contributed by atoms with E-state index < -0.39 is 6.04 Å². The van der Waals surface area contributed by atoms with Gasteiger partial charge in [-0.2, -0.15) is 5.10 Å². The lowest BCUT2D eigenvalue weighted by molar-refractivity contribution is 0.0732. The molecule has 31 heavy (non-hydrogen) atoms. The number of benzene rings is 2. The topological polar surface area (TPSA) is 98.7 Å². The maximum absolute atomic E-state index is 13.2. The molecule has 1 aromatic heterocycles. The summed E-state index contributed by atoms with van der Waals surface area (Å²) in [6.45, 7) is 6.71. The first-order valence-electron chi connectivity index (χ1n) is 10.5. The molecular weight excluding hydrogens is 394 g/mol. The van der Waals surface area contributed by atoms with Crippen LogP contribution in [0.3, 0.4) is 0 Å². The minimum atomic E-state index is -0.400. The number of aromatic amines is 1. The largest absolute Gasteiger partial charge is 0.507 e. The number of carbonyl (C=O) groups is 1. The maximum atomic E-state index is 13.2. The van der Waals surface area contributed by atoms with E-state index in [9.17, 15) is 15.0 Å². The van der Waals surface area contributed by atoms with Gasteiger partial charge in [-0.25, -0.2) is 0 Å². The number of aromatic nitrogens is 2. The van der Waals surface area contributed by atoms with E-state index in [0.717, 1.165) is 28.0 Å². The van der Waals surface area contributed by atoms with E-state index in [-0.39, 0.29) is 18.3 Å². The van der Waals surface area contributed by atoms with Crippen molar-refractivity contribution in [2.24, 2.45) is 0 Å². The van der Waals surface area contributed by atoms with Crippen molar-refractivity contribution < 1.29 is 19.7 Å². The molecule has 2 aromatic carbocycles. The number of rotatable bonds is 7. The number of nitrogens with zero attached hydrogens (tertiary/aromatic N) is 2. The summed E-state index contributed by atoms with van der Waals surface area (Å²) in [4.78, 5) is 15.0. The maximum Gasteiger partial charge on any atom is 0.273 e. The Morgan fingerprint density at radius 3 is 2.74 bits per heavy atom. The predicted molar refractivity (Wildman–Crippen MR) is 117 cm³/mol. The van der Waals surface area contributed by atoms with Gasteiger partial charge in [-0.3, -0.25) is 9.89 Å². The van der Waals surface area contributed by atoms with E-state index in [4.69, 9.17) is 4.74 Å². The van der Waals surface area contributed by atoms with Gasteiger partial charge in [-0.15, -0.1) is 0 Å². The average molecular weight is 421 g/mol. The van der Waals surface area contributed by atoms with E-state index in [0.29, 0.717) is 36.5 Å². The van der Waals surface area contributed by atoms with Crippen LogP contribution in [0.2, 0.25) is 0 Å². The summed E-state index contributed by atoms with van der Waals surface area (Å²) >= 11 is 0. The second kappa shape index (κ2) is 8.43. The molecule has 3 N–H and O–H groups in total. The number of aliphatic hydroxyl groups is 1. The molecule has 0 saturated heterocycles. The smallest absolute Gasteiger partial charge is 0.273 e. The van der Waals surface area contributed by atoms with Gasteiger partial charge < -0.3 is 19.8 Å². The molecule has 1 aliphatic rings. The normalized spacial score (nSPS) is 15.4. The molecule has 0 aliphatic carbocycles. The van der Waals surface area contributed by atoms with Gasteiger partial charge in [0.15, 0.2) is 0 Å². The highest BCUT2D eigenvalue weighted by Gasteiger charge is 2.42. The Balaban J connectivity index is 1.90. The Morgan fingerprint density at radius 1 is 1.23 bits per heavy atom. The Labute approximate surface area is 181 Å². The number of ether oxygens (including phenoxy) is 1. The van der Waals surface area contributed by atoms with Crippen LogP contribution in [-0.2, 0) is 0 Å². The Morgan fingerprint density at radius 2 is 2.03 bits per heavy atom. The third kappa shape index (κ3) is 3.65. The van der Waals surface area contributed by atoms with Crippen LogP contribution < -0.4 is 4.74 Å². The number of hydrogen-bond donors (Lipinski definition) is 3. The van der Waals surface area contributed by atoms with Crippen LogP contribution in [0.25, 0.3) is 11.3 Å². The summed E-state index contributed by atoms with van der Waals surface area (Å²) in [6.07, 6.45) is 0.467. The molecule has 7 nitrogen and oxygen atoms in total. The number of amides is 1. The number of fused-ring (bicyclic) bond motifs is 1. The molecule has 1 amide bonds. The first kappa shape index (κ1) is 20.9. The summed E-state index contributed by atoms with van der Waals surface area (Å²) in [6, 6.07) is 11.0. The number of nitrogens with one attached hydrogen (secondary N) is 1. The highest BCUT2D eigenvalue weighted by Crippen LogP contribution is 2.46. The highest BCUT2D eigenvalue weighted by molar-refractivity contribution is 6.00. The van der Waals surface area contributed by atoms with Gasteiger partial charge in [-0.05, 0) is 62.1 Å². The minimum absolute atomic E-state index is 0.00755. The molecule has 3 aromatic rings. The number of hydrogen-bond acceptors (Lipinski definition) is 5. The molecule has 0 radical (unpaired) electrons. The lowest BCUT2D eigenvalue weighted by atomic mass is 9.93. The number of aryl methyl sites for hydroxylation is 2. The summed E-state index contributed by atoms with van der Waals surface area (Å²) in [5, 5.41) is 27.4. The Hall–Kier alpha value is -3.32. The van der Waals surface area contributed by atoms with Crippen molar-refractivity contribution in [1.82, 2.24) is 15.1 Å². The fourth-order valence-electron chi connectivity index (χ4n) is 4.40. The van der Waals surface area contributed by atoms with E-state index in [1.807, 2.05) is 51.1 Å². The first-order chi connectivity index (χ1) is 15.0. The molecule has 7 heteroatoms. The van der Waals surface area contributed by atoms with Gasteiger partial charge in [0, 0.05) is 24.3 Å². The van der Waals surface area contributed by atoms with Crippen molar-refractivity contribution in [2.45, 2.75) is 33.2 Å². The van der Waals surface area contributed by atoms with Gasteiger partial charge in [0.2, 0.25) is 0 Å². The quantitative estimate of drug-likeness (QED) is 0.540.